The van der Waals surface area contributed by atoms with Crippen molar-refractivity contribution in [1.29, 1.82) is 0 Å². The molecule has 5 heteroatoms. The highest BCUT2D eigenvalue weighted by molar-refractivity contribution is 9.09. The Morgan fingerprint density at radius 1 is 1.38 bits per heavy atom. The van der Waals surface area contributed by atoms with Gasteiger partial charge in [0.2, 0.25) is 0 Å². The molecule has 0 saturated heterocycles. The molecule has 1 rings (SSSR count). The molecule has 0 saturated carbocycles. The van der Waals surface area contributed by atoms with Crippen molar-refractivity contribution in [2.45, 2.75) is 19.5 Å². The molecular weight excluding hydrogens is 285 g/mol. The number of aryl methyl sites for hydroxylation is 1. The normalized spacial score (nSPS) is 11.6. The molecule has 0 amide bonds. The van der Waals surface area contributed by atoms with Gasteiger partial charge in [-0.25, -0.2) is 0 Å². The molecule has 1 aromatic rings. The highest BCUT2D eigenvalue weighted by Crippen LogP contribution is 2.33. The zero-order valence-electron chi connectivity index (χ0n) is 8.57. The summed E-state index contributed by atoms with van der Waals surface area (Å²) in [7, 11) is 0. The Balaban J connectivity index is 3.27. The van der Waals surface area contributed by atoms with E-state index in [1.54, 1.807) is 6.92 Å². The molecule has 1 aromatic carbocycles. The summed E-state index contributed by atoms with van der Waals surface area (Å²) < 4.78 is 38.0. The van der Waals surface area contributed by atoms with Gasteiger partial charge in [-0.3, -0.25) is 4.79 Å². The van der Waals surface area contributed by atoms with E-state index >= 15 is 0 Å². The molecule has 0 aliphatic heterocycles. The molecule has 0 unspecified atom stereocenters. The maximum Gasteiger partial charge on any atom is 0.416 e. The second-order valence-corrected chi connectivity index (χ2v) is 3.84. The van der Waals surface area contributed by atoms with E-state index in [2.05, 4.69) is 15.9 Å². The van der Waals surface area contributed by atoms with E-state index in [0.717, 1.165) is 6.07 Å². The predicted octanol–water partition coefficient (Wildman–Crippen LogP) is 3.85. The van der Waals surface area contributed by atoms with Crippen LogP contribution in [-0.4, -0.2) is 11.1 Å². The summed E-state index contributed by atoms with van der Waals surface area (Å²) >= 11 is 2.93. The van der Waals surface area contributed by atoms with Crippen molar-refractivity contribution >= 4 is 21.7 Å². The third kappa shape index (κ3) is 2.84. The first-order valence-corrected chi connectivity index (χ1v) is 5.81. The Morgan fingerprint density at radius 3 is 2.44 bits per heavy atom. The summed E-state index contributed by atoms with van der Waals surface area (Å²) in [6.45, 7) is 1.65. The lowest BCUT2D eigenvalue weighted by molar-refractivity contribution is -0.138. The van der Waals surface area contributed by atoms with E-state index in [1.165, 1.54) is 12.1 Å². The lowest BCUT2D eigenvalue weighted by Gasteiger charge is -2.12. The Bertz CT molecular complexity index is 399. The van der Waals surface area contributed by atoms with Gasteiger partial charge in [-0.05, 0) is 18.1 Å². The molecule has 0 bridgehead atoms. The molecule has 88 valence electrons. The number of ketones is 1. The lowest BCUT2D eigenvalue weighted by atomic mass is 10.00. The third-order valence-corrected chi connectivity index (χ3v) is 2.75. The van der Waals surface area contributed by atoms with Gasteiger partial charge in [0.15, 0.2) is 5.78 Å². The van der Waals surface area contributed by atoms with Crippen LogP contribution in [0.3, 0.4) is 0 Å². The number of benzene rings is 1. The van der Waals surface area contributed by atoms with Crippen molar-refractivity contribution < 1.29 is 18.0 Å². The molecule has 0 heterocycles. The first-order valence-electron chi connectivity index (χ1n) is 4.69. The Morgan fingerprint density at radius 2 is 2.00 bits per heavy atom. The first-order chi connectivity index (χ1) is 7.40. The standard InChI is InChI=1S/C11H10BrF3O/c1-2-7-3-4-8(10(16)6-12)5-9(7)11(13,14)15/h3-5H,2,6H2,1H3. The van der Waals surface area contributed by atoms with Crippen LogP contribution in [0.15, 0.2) is 18.2 Å². The number of hydrogen-bond acceptors (Lipinski definition) is 1. The van der Waals surface area contributed by atoms with Crippen LogP contribution in [-0.2, 0) is 12.6 Å². The van der Waals surface area contributed by atoms with Crippen LogP contribution in [0.2, 0.25) is 0 Å². The van der Waals surface area contributed by atoms with E-state index in [4.69, 9.17) is 0 Å². The van der Waals surface area contributed by atoms with Gasteiger partial charge in [0.1, 0.15) is 0 Å². The van der Waals surface area contributed by atoms with Gasteiger partial charge < -0.3 is 0 Å². The lowest BCUT2D eigenvalue weighted by Crippen LogP contribution is -2.11. The summed E-state index contributed by atoms with van der Waals surface area (Å²) in [6, 6.07) is 3.71. The van der Waals surface area contributed by atoms with Crippen molar-refractivity contribution in [3.8, 4) is 0 Å². The molecule has 0 aliphatic carbocycles. The van der Waals surface area contributed by atoms with Gasteiger partial charge in [-0.2, -0.15) is 13.2 Å². The maximum atomic E-state index is 12.7. The van der Waals surface area contributed by atoms with Crippen LogP contribution < -0.4 is 0 Å². The zero-order valence-corrected chi connectivity index (χ0v) is 10.2. The summed E-state index contributed by atoms with van der Waals surface area (Å²) in [5.74, 6) is -0.354. The number of rotatable bonds is 3. The molecular formula is C11H10BrF3O. The fourth-order valence-corrected chi connectivity index (χ4v) is 1.72. The van der Waals surface area contributed by atoms with Crippen LogP contribution in [0.4, 0.5) is 13.2 Å². The molecule has 16 heavy (non-hydrogen) atoms. The molecule has 1 nitrogen and oxygen atoms in total. The van der Waals surface area contributed by atoms with Crippen molar-refractivity contribution in [2.24, 2.45) is 0 Å². The largest absolute Gasteiger partial charge is 0.416 e. The van der Waals surface area contributed by atoms with Crippen LogP contribution in [0.5, 0.6) is 0 Å². The first kappa shape index (κ1) is 13.2. The number of carbonyl (C=O) groups excluding carboxylic acids is 1. The summed E-state index contributed by atoms with van der Waals surface area (Å²) in [5.41, 5.74) is -0.429. The maximum absolute atomic E-state index is 12.7. The highest BCUT2D eigenvalue weighted by atomic mass is 79.9. The summed E-state index contributed by atoms with van der Waals surface area (Å²) in [4.78, 5) is 11.3. The number of alkyl halides is 4. The molecule has 0 radical (unpaired) electrons. The number of carbonyl (C=O) groups is 1. The van der Waals surface area contributed by atoms with Gasteiger partial charge in [0.05, 0.1) is 10.9 Å². The molecule has 0 N–H and O–H groups in total. The Hall–Kier alpha value is -0.840. The molecule has 0 fully saturated rings. The monoisotopic (exact) mass is 294 g/mol. The minimum atomic E-state index is -4.41. The fourth-order valence-electron chi connectivity index (χ4n) is 1.40. The van der Waals surface area contributed by atoms with E-state index in [1.807, 2.05) is 0 Å². The van der Waals surface area contributed by atoms with Crippen molar-refractivity contribution in [3.05, 3.63) is 34.9 Å². The van der Waals surface area contributed by atoms with Crippen molar-refractivity contribution in [3.63, 3.8) is 0 Å². The van der Waals surface area contributed by atoms with Gasteiger partial charge in [-0.15, -0.1) is 0 Å². The van der Waals surface area contributed by atoms with E-state index < -0.39 is 11.7 Å². The third-order valence-electron chi connectivity index (χ3n) is 2.24. The fraction of sp³-hybridized carbons (Fsp3) is 0.364. The van der Waals surface area contributed by atoms with E-state index in [-0.39, 0.29) is 28.7 Å². The van der Waals surface area contributed by atoms with Crippen LogP contribution >= 0.6 is 15.9 Å². The van der Waals surface area contributed by atoms with Crippen LogP contribution in [0.25, 0.3) is 0 Å². The molecule has 0 aromatic heterocycles. The van der Waals surface area contributed by atoms with Crippen molar-refractivity contribution in [2.75, 3.05) is 5.33 Å². The molecule has 0 aliphatic rings. The Labute approximate surface area is 99.8 Å². The van der Waals surface area contributed by atoms with Gasteiger partial charge >= 0.3 is 6.18 Å². The Kier molecular flexibility index (Phi) is 4.13. The predicted molar refractivity (Wildman–Crippen MR) is 58.9 cm³/mol. The average Bonchev–Trinajstić information content (AvgIpc) is 2.26. The zero-order chi connectivity index (χ0) is 12.3. The number of Topliss-reactive ketones (excluding diaryl/α,β-unsaturated/α-hetero) is 1. The summed E-state index contributed by atoms with van der Waals surface area (Å²) in [6.07, 6.45) is -4.12. The van der Waals surface area contributed by atoms with Gasteiger partial charge in [0.25, 0.3) is 0 Å². The average molecular weight is 295 g/mol. The van der Waals surface area contributed by atoms with E-state index in [9.17, 15) is 18.0 Å². The van der Waals surface area contributed by atoms with Crippen LogP contribution in [0, 0.1) is 0 Å². The molecule has 0 spiro atoms. The topological polar surface area (TPSA) is 17.1 Å². The summed E-state index contributed by atoms with van der Waals surface area (Å²) in [5, 5.41) is 0.0236. The second-order valence-electron chi connectivity index (χ2n) is 3.28. The van der Waals surface area contributed by atoms with Crippen LogP contribution in [0.1, 0.15) is 28.4 Å². The molecule has 0 atom stereocenters. The highest BCUT2D eigenvalue weighted by Gasteiger charge is 2.33. The van der Waals surface area contributed by atoms with Gasteiger partial charge in [-0.1, -0.05) is 35.0 Å². The number of halogens is 4. The SMILES string of the molecule is CCc1ccc(C(=O)CBr)cc1C(F)(F)F. The van der Waals surface area contributed by atoms with E-state index in [0.29, 0.717) is 0 Å². The minimum absolute atomic E-state index is 0.0236. The second kappa shape index (κ2) is 4.99. The van der Waals surface area contributed by atoms with Gasteiger partial charge in [0, 0.05) is 5.56 Å². The number of hydrogen-bond donors (Lipinski definition) is 0. The quantitative estimate of drug-likeness (QED) is 0.611. The minimum Gasteiger partial charge on any atom is -0.293 e. The smallest absolute Gasteiger partial charge is 0.293 e. The van der Waals surface area contributed by atoms with Crippen molar-refractivity contribution in [1.82, 2.24) is 0 Å².